The lowest BCUT2D eigenvalue weighted by molar-refractivity contribution is 0.442. The highest BCUT2D eigenvalue weighted by Gasteiger charge is 2.20. The number of aromatic hydroxyl groups is 2. The molecule has 0 saturated heterocycles. The van der Waals surface area contributed by atoms with Crippen LogP contribution in [0, 0.1) is 5.41 Å². The molecule has 34 heavy (non-hydrogen) atoms. The molecule has 3 heterocycles. The normalized spacial score (nSPS) is 15.3. The van der Waals surface area contributed by atoms with Crippen molar-refractivity contribution in [3.63, 3.8) is 0 Å². The molecule has 10 heteroatoms. The maximum atomic E-state index is 13.1. The van der Waals surface area contributed by atoms with Crippen LogP contribution in [0.1, 0.15) is 30.5 Å². The molecule has 0 amide bonds. The van der Waals surface area contributed by atoms with Gasteiger partial charge in [-0.15, -0.1) is 0 Å². The van der Waals surface area contributed by atoms with Crippen LogP contribution >= 0.6 is 0 Å². The van der Waals surface area contributed by atoms with Gasteiger partial charge in [-0.25, -0.2) is 14.3 Å². The summed E-state index contributed by atoms with van der Waals surface area (Å²) in [5.41, 5.74) is 2.64. The van der Waals surface area contributed by atoms with Crippen molar-refractivity contribution < 1.29 is 10.2 Å². The van der Waals surface area contributed by atoms with Gasteiger partial charge < -0.3 is 20.8 Å². The molecule has 5 N–H and O–H groups in total. The van der Waals surface area contributed by atoms with Gasteiger partial charge in [0.05, 0.1) is 5.39 Å². The molecule has 1 unspecified atom stereocenters. The van der Waals surface area contributed by atoms with Crippen LogP contribution in [0.2, 0.25) is 0 Å². The van der Waals surface area contributed by atoms with Gasteiger partial charge in [-0.3, -0.25) is 9.98 Å². The maximum Gasteiger partial charge on any atom is 0.335 e. The molecule has 10 nitrogen and oxygen atoms in total. The standard InChI is InChI=1S/C24H25N7O3/c1-3-17-15-8-7-14(11-13(15)9-10-26-17)28-23-27-12-16-21(25)31(24(34)30(2)22(16)29-23)20-18(32)5-4-6-19(20)33/h4-8,11-12,17,25-26,32-33H,3,9-10H2,1-2H3,(H,27,28,29). The van der Waals surface area contributed by atoms with Gasteiger partial charge in [0.1, 0.15) is 22.7 Å². The van der Waals surface area contributed by atoms with Crippen molar-refractivity contribution in [3.05, 3.63) is 69.7 Å². The number of fused-ring (bicyclic) bond motifs is 2. The molecule has 0 aliphatic carbocycles. The SMILES string of the molecule is CCC1NCCc2cc(Nc3ncc4c(=N)n(-c5c(O)cccc5O)c(=O)n(C)c4n3)ccc21. The van der Waals surface area contributed by atoms with Gasteiger partial charge in [-0.1, -0.05) is 19.1 Å². The summed E-state index contributed by atoms with van der Waals surface area (Å²) in [4.78, 5) is 21.9. The van der Waals surface area contributed by atoms with Crippen molar-refractivity contribution in [2.24, 2.45) is 7.05 Å². The molecule has 0 bridgehead atoms. The summed E-state index contributed by atoms with van der Waals surface area (Å²) < 4.78 is 2.20. The van der Waals surface area contributed by atoms with Crippen LogP contribution in [0.25, 0.3) is 16.7 Å². The topological polar surface area (TPSA) is 141 Å². The van der Waals surface area contributed by atoms with Crippen molar-refractivity contribution in [2.45, 2.75) is 25.8 Å². The number of rotatable bonds is 4. The fourth-order valence-corrected chi connectivity index (χ4v) is 4.49. The number of hydrogen-bond donors (Lipinski definition) is 5. The summed E-state index contributed by atoms with van der Waals surface area (Å²) >= 11 is 0. The predicted octanol–water partition coefficient (Wildman–Crippen LogP) is 2.35. The van der Waals surface area contributed by atoms with Crippen LogP contribution in [0.4, 0.5) is 11.6 Å². The largest absolute Gasteiger partial charge is 0.506 e. The zero-order chi connectivity index (χ0) is 24.0. The number of aromatic nitrogens is 4. The maximum absolute atomic E-state index is 13.1. The summed E-state index contributed by atoms with van der Waals surface area (Å²) in [6.07, 6.45) is 3.42. The van der Waals surface area contributed by atoms with Gasteiger partial charge in [0.2, 0.25) is 5.95 Å². The first-order valence-electron chi connectivity index (χ1n) is 11.1. The second kappa shape index (κ2) is 8.31. The number of benzene rings is 2. The fourth-order valence-electron chi connectivity index (χ4n) is 4.49. The Hall–Kier alpha value is -4.18. The third kappa shape index (κ3) is 3.48. The molecule has 1 atom stereocenters. The van der Waals surface area contributed by atoms with E-state index < -0.39 is 5.69 Å². The Kier molecular flexibility index (Phi) is 5.29. The Labute approximate surface area is 194 Å². The van der Waals surface area contributed by atoms with Gasteiger partial charge in [-0.05, 0) is 54.8 Å². The average Bonchev–Trinajstić information content (AvgIpc) is 2.84. The van der Waals surface area contributed by atoms with E-state index in [2.05, 4.69) is 39.7 Å². The molecule has 1 aliphatic rings. The molecule has 0 radical (unpaired) electrons. The van der Waals surface area contributed by atoms with Crippen molar-refractivity contribution in [3.8, 4) is 17.2 Å². The van der Waals surface area contributed by atoms with E-state index in [0.29, 0.717) is 12.0 Å². The minimum absolute atomic E-state index is 0.161. The summed E-state index contributed by atoms with van der Waals surface area (Å²) in [6.45, 7) is 3.10. The lowest BCUT2D eigenvalue weighted by atomic mass is 9.92. The molecular formula is C24H25N7O3. The van der Waals surface area contributed by atoms with E-state index >= 15 is 0 Å². The molecule has 0 spiro atoms. The van der Waals surface area contributed by atoms with E-state index in [1.54, 1.807) is 0 Å². The van der Waals surface area contributed by atoms with Gasteiger partial charge in [0.15, 0.2) is 5.65 Å². The van der Waals surface area contributed by atoms with Crippen molar-refractivity contribution in [1.82, 2.24) is 24.4 Å². The van der Waals surface area contributed by atoms with Gasteiger partial charge in [-0.2, -0.15) is 4.98 Å². The first-order valence-corrected chi connectivity index (χ1v) is 11.1. The van der Waals surface area contributed by atoms with E-state index in [9.17, 15) is 15.0 Å². The Balaban J connectivity index is 1.57. The highest BCUT2D eigenvalue weighted by atomic mass is 16.3. The van der Waals surface area contributed by atoms with Gasteiger partial charge >= 0.3 is 5.69 Å². The number of phenolic OH excluding ortho intramolecular Hbond substituents is 2. The number of para-hydroxylation sites is 1. The Morgan fingerprint density at radius 1 is 1.24 bits per heavy atom. The lowest BCUT2D eigenvalue weighted by Crippen LogP contribution is -2.38. The predicted molar refractivity (Wildman–Crippen MR) is 128 cm³/mol. The summed E-state index contributed by atoms with van der Waals surface area (Å²) in [5.74, 6) is -0.338. The van der Waals surface area contributed by atoms with Crippen LogP contribution in [-0.2, 0) is 13.5 Å². The summed E-state index contributed by atoms with van der Waals surface area (Å²) in [7, 11) is 1.52. The van der Waals surface area contributed by atoms with Crippen LogP contribution in [0.3, 0.4) is 0 Å². The van der Waals surface area contributed by atoms with Crippen LogP contribution in [0.5, 0.6) is 11.5 Å². The number of nitrogens with one attached hydrogen (secondary N) is 3. The Morgan fingerprint density at radius 2 is 2.00 bits per heavy atom. The van der Waals surface area contributed by atoms with Gasteiger partial charge in [0.25, 0.3) is 0 Å². The van der Waals surface area contributed by atoms with E-state index in [0.717, 1.165) is 29.6 Å². The Bertz CT molecular complexity index is 1520. The molecule has 4 aromatic rings. The van der Waals surface area contributed by atoms with Crippen molar-refractivity contribution in [1.29, 1.82) is 5.41 Å². The zero-order valence-corrected chi connectivity index (χ0v) is 18.8. The summed E-state index contributed by atoms with van der Waals surface area (Å²) in [5, 5.41) is 36.0. The molecule has 2 aromatic heterocycles. The number of aryl methyl sites for hydroxylation is 1. The smallest absolute Gasteiger partial charge is 0.335 e. The lowest BCUT2D eigenvalue weighted by Gasteiger charge is -2.26. The van der Waals surface area contributed by atoms with Gasteiger partial charge in [0, 0.05) is 25.0 Å². The summed E-state index contributed by atoms with van der Waals surface area (Å²) in [6, 6.07) is 10.7. The first-order chi connectivity index (χ1) is 16.4. The van der Waals surface area contributed by atoms with E-state index in [1.807, 2.05) is 6.07 Å². The molecule has 174 valence electrons. The van der Waals surface area contributed by atoms with Crippen molar-refractivity contribution in [2.75, 3.05) is 11.9 Å². The molecular weight excluding hydrogens is 434 g/mol. The molecule has 1 aliphatic heterocycles. The monoisotopic (exact) mass is 459 g/mol. The second-order valence-electron chi connectivity index (χ2n) is 8.30. The third-order valence-corrected chi connectivity index (χ3v) is 6.23. The average molecular weight is 460 g/mol. The second-order valence-corrected chi connectivity index (χ2v) is 8.30. The van der Waals surface area contributed by atoms with E-state index in [-0.39, 0.29) is 33.7 Å². The van der Waals surface area contributed by atoms with Crippen molar-refractivity contribution >= 4 is 22.7 Å². The number of nitrogens with zero attached hydrogens (tertiary/aromatic N) is 4. The number of phenols is 2. The van der Waals surface area contributed by atoms with E-state index in [4.69, 9.17) is 5.41 Å². The number of anilines is 2. The Morgan fingerprint density at radius 3 is 2.74 bits per heavy atom. The van der Waals surface area contributed by atoms with Crippen LogP contribution < -0.4 is 21.8 Å². The molecule has 0 fully saturated rings. The van der Waals surface area contributed by atoms with E-state index in [1.165, 1.54) is 47.1 Å². The first kappa shape index (κ1) is 21.7. The van der Waals surface area contributed by atoms with Crippen LogP contribution in [-0.4, -0.2) is 35.9 Å². The van der Waals surface area contributed by atoms with Crippen LogP contribution in [0.15, 0.2) is 47.4 Å². The highest BCUT2D eigenvalue weighted by molar-refractivity contribution is 5.75. The number of hydrogen-bond acceptors (Lipinski definition) is 8. The minimum Gasteiger partial charge on any atom is -0.506 e. The quantitative estimate of drug-likeness (QED) is 0.315. The molecule has 5 rings (SSSR count). The zero-order valence-electron chi connectivity index (χ0n) is 18.8. The molecule has 0 saturated carbocycles. The third-order valence-electron chi connectivity index (χ3n) is 6.23. The fraction of sp³-hybridized carbons (Fsp3) is 0.250. The minimum atomic E-state index is -0.633. The molecule has 2 aromatic carbocycles. The highest BCUT2D eigenvalue weighted by Crippen LogP contribution is 2.30.